The first kappa shape index (κ1) is 17.0. The van der Waals surface area contributed by atoms with Gasteiger partial charge in [0.2, 0.25) is 0 Å². The Morgan fingerprint density at radius 1 is 1.23 bits per heavy atom. The third-order valence-corrected chi connectivity index (χ3v) is 4.34. The maximum Gasteiger partial charge on any atom is 0.330 e. The molecule has 0 unspecified atom stereocenters. The highest BCUT2D eigenvalue weighted by atomic mass is 16.5. The Kier molecular flexibility index (Phi) is 4.39. The molecule has 0 aromatic carbocycles. The minimum absolute atomic E-state index is 0.0523. The molecule has 0 spiro atoms. The topological polar surface area (TPSA) is 64.1 Å². The lowest BCUT2D eigenvalue weighted by Gasteiger charge is -2.33. The standard InChI is InChI=1S/C17H28N2O3/c1-16(2,3)10-12-11(17(4,5)6)9-14(22-12)19-13(20)7-8-18-15(19)21/h7-8,11-12,14H,9-10H2,1-6H3,(H,18,21)/t11-,12-,14-/m1/s1. The molecule has 1 fully saturated rings. The number of aromatic nitrogens is 2. The maximum atomic E-state index is 12.0. The first-order chi connectivity index (χ1) is 9.99. The fourth-order valence-electron chi connectivity index (χ4n) is 3.30. The van der Waals surface area contributed by atoms with Gasteiger partial charge in [-0.2, -0.15) is 0 Å². The van der Waals surface area contributed by atoms with Crippen LogP contribution < -0.4 is 11.2 Å². The predicted molar refractivity (Wildman–Crippen MR) is 86.9 cm³/mol. The predicted octanol–water partition coefficient (Wildman–Crippen LogP) is 2.92. The molecule has 1 N–H and O–H groups in total. The number of aromatic amines is 1. The van der Waals surface area contributed by atoms with E-state index in [2.05, 4.69) is 46.5 Å². The van der Waals surface area contributed by atoms with E-state index in [1.807, 2.05) is 0 Å². The van der Waals surface area contributed by atoms with Gasteiger partial charge in [-0.3, -0.25) is 4.79 Å². The van der Waals surface area contributed by atoms with Crippen LogP contribution in [0.4, 0.5) is 0 Å². The summed E-state index contributed by atoms with van der Waals surface area (Å²) in [5, 5.41) is 0. The molecule has 2 rings (SSSR count). The van der Waals surface area contributed by atoms with E-state index in [9.17, 15) is 9.59 Å². The molecule has 1 saturated heterocycles. The van der Waals surface area contributed by atoms with Crippen molar-refractivity contribution in [1.29, 1.82) is 0 Å². The Morgan fingerprint density at radius 3 is 2.36 bits per heavy atom. The van der Waals surface area contributed by atoms with Crippen molar-refractivity contribution in [2.45, 2.75) is 66.7 Å². The molecule has 1 aliphatic rings. The fraction of sp³-hybridized carbons (Fsp3) is 0.765. The molecular formula is C17H28N2O3. The highest BCUT2D eigenvalue weighted by Crippen LogP contribution is 2.46. The summed E-state index contributed by atoms with van der Waals surface area (Å²) < 4.78 is 7.38. The third-order valence-electron chi connectivity index (χ3n) is 4.34. The van der Waals surface area contributed by atoms with Crippen LogP contribution in [0, 0.1) is 16.7 Å². The van der Waals surface area contributed by atoms with E-state index >= 15 is 0 Å². The van der Waals surface area contributed by atoms with E-state index in [-0.39, 0.29) is 22.5 Å². The van der Waals surface area contributed by atoms with Crippen molar-refractivity contribution >= 4 is 0 Å². The van der Waals surface area contributed by atoms with Crippen LogP contribution in [0.5, 0.6) is 0 Å². The Hall–Kier alpha value is -1.36. The molecule has 5 nitrogen and oxygen atoms in total. The van der Waals surface area contributed by atoms with Crippen molar-refractivity contribution in [2.24, 2.45) is 16.7 Å². The van der Waals surface area contributed by atoms with Gasteiger partial charge >= 0.3 is 5.69 Å². The number of rotatable bonds is 2. The molecule has 1 aromatic rings. The largest absolute Gasteiger partial charge is 0.354 e. The Labute approximate surface area is 131 Å². The van der Waals surface area contributed by atoms with Gasteiger partial charge in [0.15, 0.2) is 0 Å². The average Bonchev–Trinajstić information content (AvgIpc) is 2.69. The van der Waals surface area contributed by atoms with Gasteiger partial charge in [0, 0.05) is 12.3 Å². The number of nitrogens with one attached hydrogen (secondary N) is 1. The summed E-state index contributed by atoms with van der Waals surface area (Å²) in [6.45, 7) is 13.1. The highest BCUT2D eigenvalue weighted by Gasteiger charge is 2.44. The van der Waals surface area contributed by atoms with Gasteiger partial charge in [-0.05, 0) is 29.6 Å². The molecule has 3 atom stereocenters. The molecule has 1 aliphatic heterocycles. The molecule has 0 amide bonds. The number of hydrogen-bond donors (Lipinski definition) is 1. The Bertz CT molecular complexity index is 603. The van der Waals surface area contributed by atoms with Crippen LogP contribution in [0.15, 0.2) is 21.9 Å². The van der Waals surface area contributed by atoms with Crippen LogP contribution in [0.2, 0.25) is 0 Å². The number of ether oxygens (including phenoxy) is 1. The summed E-state index contributed by atoms with van der Waals surface area (Å²) in [4.78, 5) is 26.6. The summed E-state index contributed by atoms with van der Waals surface area (Å²) >= 11 is 0. The molecule has 1 aromatic heterocycles. The molecule has 0 bridgehead atoms. The van der Waals surface area contributed by atoms with Crippen LogP contribution in [-0.2, 0) is 4.74 Å². The summed E-state index contributed by atoms with van der Waals surface area (Å²) in [5.41, 5.74) is -0.508. The smallest absolute Gasteiger partial charge is 0.330 e. The summed E-state index contributed by atoms with van der Waals surface area (Å²) in [6.07, 6.45) is 2.55. The van der Waals surface area contributed by atoms with E-state index in [1.54, 1.807) is 0 Å². The average molecular weight is 308 g/mol. The maximum absolute atomic E-state index is 12.0. The van der Waals surface area contributed by atoms with Crippen molar-refractivity contribution in [1.82, 2.24) is 9.55 Å². The minimum atomic E-state index is -0.478. The number of H-pyrrole nitrogens is 1. The van der Waals surface area contributed by atoms with Gasteiger partial charge < -0.3 is 9.72 Å². The molecule has 5 heteroatoms. The highest BCUT2D eigenvalue weighted by molar-refractivity contribution is 4.93. The number of hydrogen-bond acceptors (Lipinski definition) is 3. The monoisotopic (exact) mass is 308 g/mol. The first-order valence-corrected chi connectivity index (χ1v) is 7.95. The van der Waals surface area contributed by atoms with Crippen molar-refractivity contribution < 1.29 is 4.74 Å². The van der Waals surface area contributed by atoms with Crippen LogP contribution in [0.1, 0.15) is 60.6 Å². The molecule has 0 saturated carbocycles. The van der Waals surface area contributed by atoms with Crippen LogP contribution in [-0.4, -0.2) is 15.7 Å². The number of nitrogens with zero attached hydrogens (tertiary/aromatic N) is 1. The zero-order chi connectivity index (χ0) is 16.7. The van der Waals surface area contributed by atoms with Crippen molar-refractivity contribution in [3.63, 3.8) is 0 Å². The Balaban J connectivity index is 2.35. The SMILES string of the molecule is CC(C)(C)C[C@H]1O[C@@H](n2c(=O)cc[nH]c2=O)C[C@H]1C(C)(C)C. The third kappa shape index (κ3) is 3.69. The quantitative estimate of drug-likeness (QED) is 0.913. The second-order valence-electron chi connectivity index (χ2n) is 8.59. The zero-order valence-electron chi connectivity index (χ0n) is 14.5. The van der Waals surface area contributed by atoms with Crippen molar-refractivity contribution in [3.05, 3.63) is 33.1 Å². The van der Waals surface area contributed by atoms with Gasteiger partial charge in [-0.15, -0.1) is 0 Å². The first-order valence-electron chi connectivity index (χ1n) is 7.95. The molecule has 0 radical (unpaired) electrons. The van der Waals surface area contributed by atoms with Gasteiger partial charge in [-0.1, -0.05) is 41.5 Å². The van der Waals surface area contributed by atoms with E-state index in [0.717, 1.165) is 6.42 Å². The lowest BCUT2D eigenvalue weighted by Crippen LogP contribution is -2.37. The Morgan fingerprint density at radius 2 is 1.86 bits per heavy atom. The summed E-state index contributed by atoms with van der Waals surface area (Å²) in [7, 11) is 0. The lowest BCUT2D eigenvalue weighted by molar-refractivity contribution is -0.0353. The zero-order valence-corrected chi connectivity index (χ0v) is 14.5. The van der Waals surface area contributed by atoms with Crippen LogP contribution >= 0.6 is 0 Å². The molecule has 2 heterocycles. The minimum Gasteiger partial charge on any atom is -0.354 e. The molecule has 0 aliphatic carbocycles. The van der Waals surface area contributed by atoms with Gasteiger partial charge in [-0.25, -0.2) is 9.36 Å². The normalized spacial score (nSPS) is 26.4. The molecular weight excluding hydrogens is 280 g/mol. The second-order valence-corrected chi connectivity index (χ2v) is 8.59. The summed E-state index contributed by atoms with van der Waals surface area (Å²) in [5.74, 6) is 0.309. The van der Waals surface area contributed by atoms with Crippen molar-refractivity contribution in [2.75, 3.05) is 0 Å². The molecule has 124 valence electrons. The summed E-state index contributed by atoms with van der Waals surface area (Å²) in [6, 6.07) is 1.37. The van der Waals surface area contributed by atoms with Crippen LogP contribution in [0.3, 0.4) is 0 Å². The van der Waals surface area contributed by atoms with Crippen LogP contribution in [0.25, 0.3) is 0 Å². The fourth-order valence-corrected chi connectivity index (χ4v) is 3.30. The lowest BCUT2D eigenvalue weighted by atomic mass is 9.73. The molecule has 22 heavy (non-hydrogen) atoms. The van der Waals surface area contributed by atoms with Gasteiger partial charge in [0.1, 0.15) is 6.23 Å². The van der Waals surface area contributed by atoms with Crippen molar-refractivity contribution in [3.8, 4) is 0 Å². The van der Waals surface area contributed by atoms with Gasteiger partial charge in [0.25, 0.3) is 5.56 Å². The van der Waals surface area contributed by atoms with E-state index < -0.39 is 11.9 Å². The van der Waals surface area contributed by atoms with E-state index in [0.29, 0.717) is 12.3 Å². The second kappa shape index (κ2) is 5.69. The van der Waals surface area contributed by atoms with E-state index in [1.165, 1.54) is 16.8 Å². The van der Waals surface area contributed by atoms with Gasteiger partial charge in [0.05, 0.1) is 6.10 Å². The van der Waals surface area contributed by atoms with E-state index in [4.69, 9.17) is 4.74 Å².